The predicted octanol–water partition coefficient (Wildman–Crippen LogP) is 5.96. The summed E-state index contributed by atoms with van der Waals surface area (Å²) in [5, 5.41) is 23.6. The number of benzene rings is 1. The molecule has 1 aromatic carbocycles. The molecule has 8 atom stereocenters. The Morgan fingerprint density at radius 3 is 2.36 bits per heavy atom. The van der Waals surface area contributed by atoms with Gasteiger partial charge in [-0.25, -0.2) is 4.79 Å². The Labute approximate surface area is 267 Å². The van der Waals surface area contributed by atoms with E-state index in [9.17, 15) is 19.8 Å². The summed E-state index contributed by atoms with van der Waals surface area (Å²) in [5.41, 5.74) is -1.30. The lowest BCUT2D eigenvalue weighted by atomic mass is 9.32. The van der Waals surface area contributed by atoms with E-state index in [4.69, 9.17) is 14.2 Å². The normalized spacial score (nSPS) is 39.4. The molecule has 246 valence electrons. The van der Waals surface area contributed by atoms with Crippen LogP contribution in [0.15, 0.2) is 48.1 Å². The Morgan fingerprint density at radius 1 is 0.978 bits per heavy atom. The molecule has 1 aromatic rings. The molecule has 8 heteroatoms. The van der Waals surface area contributed by atoms with E-state index in [2.05, 4.69) is 32.1 Å². The van der Waals surface area contributed by atoms with Crippen LogP contribution in [0.25, 0.3) is 0 Å². The average Bonchev–Trinajstić information content (AvgIpc) is 3.30. The summed E-state index contributed by atoms with van der Waals surface area (Å²) in [7, 11) is 3.26. The van der Waals surface area contributed by atoms with Gasteiger partial charge in [0.15, 0.2) is 5.78 Å². The van der Waals surface area contributed by atoms with Crippen LogP contribution >= 0.6 is 0 Å². The van der Waals surface area contributed by atoms with Gasteiger partial charge in [-0.3, -0.25) is 4.79 Å². The van der Waals surface area contributed by atoms with Gasteiger partial charge in [0.25, 0.3) is 0 Å². The Morgan fingerprint density at radius 2 is 1.67 bits per heavy atom. The van der Waals surface area contributed by atoms with Crippen molar-refractivity contribution in [3.8, 4) is 5.75 Å². The first-order valence-corrected chi connectivity index (χ1v) is 16.9. The van der Waals surface area contributed by atoms with Crippen LogP contribution in [-0.2, 0) is 9.47 Å². The van der Waals surface area contributed by atoms with Gasteiger partial charge in [-0.1, -0.05) is 32.1 Å². The highest BCUT2D eigenvalue weighted by atomic mass is 16.6. The molecule has 45 heavy (non-hydrogen) atoms. The van der Waals surface area contributed by atoms with Gasteiger partial charge in [-0.05, 0) is 99.8 Å². The van der Waals surface area contributed by atoms with Gasteiger partial charge >= 0.3 is 6.09 Å². The second kappa shape index (κ2) is 11.5. The van der Waals surface area contributed by atoms with Crippen molar-refractivity contribution in [3.63, 3.8) is 0 Å². The van der Waals surface area contributed by atoms with Gasteiger partial charge in [-0.2, -0.15) is 0 Å². The summed E-state index contributed by atoms with van der Waals surface area (Å²) in [6, 6.07) is 7.35. The molecule has 0 aromatic heterocycles. The number of ketones is 1. The second-order valence-electron chi connectivity index (χ2n) is 14.8. The van der Waals surface area contributed by atoms with Gasteiger partial charge in [-0.15, -0.1) is 0 Å². The van der Waals surface area contributed by atoms with Crippen LogP contribution in [0.3, 0.4) is 0 Å². The molecule has 3 saturated carbocycles. The maximum atomic E-state index is 14.7. The molecule has 6 aliphatic rings. The lowest BCUT2D eigenvalue weighted by Crippen LogP contribution is -2.67. The topological polar surface area (TPSA) is 106 Å². The molecular formula is C37H51NO7. The number of nitrogens with zero attached hydrogens (tertiary/aromatic N) is 1. The Bertz CT molecular complexity index is 1370. The fourth-order valence-electron chi connectivity index (χ4n) is 10.7. The molecule has 1 amide bonds. The van der Waals surface area contributed by atoms with Crippen LogP contribution < -0.4 is 4.74 Å². The monoisotopic (exact) mass is 621 g/mol. The van der Waals surface area contributed by atoms with Crippen LogP contribution in [-0.4, -0.2) is 79.2 Å². The maximum Gasteiger partial charge on any atom is 0.409 e. The quantitative estimate of drug-likeness (QED) is 0.189. The zero-order chi connectivity index (χ0) is 32.3. The van der Waals surface area contributed by atoms with Crippen molar-refractivity contribution in [3.05, 3.63) is 53.6 Å². The van der Waals surface area contributed by atoms with E-state index in [1.54, 1.807) is 26.0 Å². The number of ether oxygens (including phenoxy) is 3. The third kappa shape index (κ3) is 4.64. The number of amides is 1. The summed E-state index contributed by atoms with van der Waals surface area (Å²) >= 11 is 0. The van der Waals surface area contributed by atoms with Crippen molar-refractivity contribution in [1.82, 2.24) is 4.90 Å². The second-order valence-corrected chi connectivity index (χ2v) is 14.8. The smallest absolute Gasteiger partial charge is 0.409 e. The van der Waals surface area contributed by atoms with Crippen molar-refractivity contribution in [1.29, 1.82) is 0 Å². The SMILES string of the molecule is CCOC(=O)N(CCCOC)CC1(O)CCC2C34C=CC5(C=C3C(=O)c3ccc(OC)cc3)CC(O)CCC5(C)C4CCC21C. The number of Topliss-reactive ketones (excluding diaryl/α,β-unsaturated/α-hetero) is 1. The van der Waals surface area contributed by atoms with E-state index < -0.39 is 28.6 Å². The number of allylic oxidation sites excluding steroid dienone is 4. The summed E-state index contributed by atoms with van der Waals surface area (Å²) in [6.07, 6.45) is 11.9. The van der Waals surface area contributed by atoms with Crippen molar-refractivity contribution < 1.29 is 34.0 Å². The van der Waals surface area contributed by atoms with Gasteiger partial charge < -0.3 is 29.3 Å². The molecule has 2 N–H and O–H groups in total. The van der Waals surface area contributed by atoms with Crippen LogP contribution in [0.1, 0.15) is 82.5 Å². The number of carbonyl (C=O) groups is 2. The zero-order valence-corrected chi connectivity index (χ0v) is 27.6. The summed E-state index contributed by atoms with van der Waals surface area (Å²) in [5.74, 6) is 0.920. The highest BCUT2D eigenvalue weighted by molar-refractivity contribution is 6.10. The van der Waals surface area contributed by atoms with Crippen molar-refractivity contribution in [2.24, 2.45) is 33.5 Å². The molecule has 8 unspecified atom stereocenters. The van der Waals surface area contributed by atoms with E-state index in [1.165, 1.54) is 0 Å². The van der Waals surface area contributed by atoms with Gasteiger partial charge in [0.1, 0.15) is 5.75 Å². The number of aliphatic hydroxyl groups is 2. The van der Waals surface area contributed by atoms with E-state index in [0.29, 0.717) is 43.7 Å². The van der Waals surface area contributed by atoms with Crippen molar-refractivity contribution in [2.45, 2.75) is 83.8 Å². The molecule has 7 rings (SSSR count). The van der Waals surface area contributed by atoms with Crippen LogP contribution in [0.5, 0.6) is 5.75 Å². The first kappa shape index (κ1) is 32.3. The first-order valence-electron chi connectivity index (χ1n) is 16.9. The Kier molecular flexibility index (Phi) is 8.27. The highest BCUT2D eigenvalue weighted by Crippen LogP contribution is 2.78. The number of hydrogen-bond donors (Lipinski definition) is 2. The standard InChI is InChI=1S/C37H51NO7/c1-6-45-32(41)38(20-7-21-43-4)24-36(42)17-14-30-34(36,3)16-13-29-33(2)15-12-26(39)22-35(33)18-19-37(29,30)28(23-35)31(40)25-8-10-27(44-5)11-9-25/h8-11,18-19,23,26,29-30,39,42H,6-7,12-17,20-22,24H2,1-5H3. The maximum absolute atomic E-state index is 14.7. The van der Waals surface area contributed by atoms with Crippen molar-refractivity contribution >= 4 is 11.9 Å². The Balaban J connectivity index is 1.43. The zero-order valence-electron chi connectivity index (χ0n) is 27.6. The molecule has 3 fully saturated rings. The van der Waals surface area contributed by atoms with Gasteiger partial charge in [0, 0.05) is 47.6 Å². The summed E-state index contributed by atoms with van der Waals surface area (Å²) < 4.78 is 16.1. The number of carbonyl (C=O) groups excluding carboxylic acids is 2. The fraction of sp³-hybridized carbons (Fsp3) is 0.676. The number of aliphatic hydroxyl groups excluding tert-OH is 1. The molecule has 6 aliphatic carbocycles. The Hall–Kier alpha value is -2.68. The molecule has 8 nitrogen and oxygen atoms in total. The van der Waals surface area contributed by atoms with Crippen LogP contribution in [0, 0.1) is 33.5 Å². The van der Waals surface area contributed by atoms with E-state index in [0.717, 1.165) is 37.7 Å². The van der Waals surface area contributed by atoms with Gasteiger partial charge in [0.2, 0.25) is 0 Å². The molecule has 2 spiro atoms. The van der Waals surface area contributed by atoms with Crippen LogP contribution in [0.4, 0.5) is 4.79 Å². The minimum Gasteiger partial charge on any atom is -0.497 e. The molecule has 2 bridgehead atoms. The number of methoxy groups -OCH3 is 2. The first-order chi connectivity index (χ1) is 21.4. The van der Waals surface area contributed by atoms with Crippen molar-refractivity contribution in [2.75, 3.05) is 40.5 Å². The third-order valence-corrected chi connectivity index (χ3v) is 13.1. The van der Waals surface area contributed by atoms with E-state index in [1.807, 2.05) is 24.3 Å². The minimum absolute atomic E-state index is 0.00319. The molecule has 0 aliphatic heterocycles. The largest absolute Gasteiger partial charge is 0.497 e. The van der Waals surface area contributed by atoms with Crippen LogP contribution in [0.2, 0.25) is 0 Å². The fourth-order valence-corrected chi connectivity index (χ4v) is 10.7. The lowest BCUT2D eigenvalue weighted by Gasteiger charge is -2.71. The summed E-state index contributed by atoms with van der Waals surface area (Å²) in [6.45, 7) is 7.78. The molecular weight excluding hydrogens is 570 g/mol. The van der Waals surface area contributed by atoms with E-state index >= 15 is 0 Å². The molecule has 0 heterocycles. The number of fused-ring (bicyclic) bond motifs is 1. The summed E-state index contributed by atoms with van der Waals surface area (Å²) in [4.78, 5) is 29.5. The average molecular weight is 622 g/mol. The molecule has 0 saturated heterocycles. The number of rotatable bonds is 10. The third-order valence-electron chi connectivity index (χ3n) is 13.1. The molecule has 0 radical (unpaired) electrons. The number of hydrogen-bond acceptors (Lipinski definition) is 7. The predicted molar refractivity (Wildman–Crippen MR) is 171 cm³/mol. The lowest BCUT2D eigenvalue weighted by molar-refractivity contribution is -0.175. The van der Waals surface area contributed by atoms with E-state index in [-0.39, 0.29) is 41.6 Å². The minimum atomic E-state index is -1.14. The van der Waals surface area contributed by atoms with Gasteiger partial charge in [0.05, 0.1) is 32.0 Å². The highest BCUT2D eigenvalue weighted by Gasteiger charge is 2.74.